The summed E-state index contributed by atoms with van der Waals surface area (Å²) in [7, 11) is 3.39. The van der Waals surface area contributed by atoms with Gasteiger partial charge in [-0.15, -0.1) is 0 Å². The van der Waals surface area contributed by atoms with Crippen molar-refractivity contribution in [2.24, 2.45) is 0 Å². The predicted molar refractivity (Wildman–Crippen MR) is 76.1 cm³/mol. The van der Waals surface area contributed by atoms with E-state index in [-0.39, 0.29) is 0 Å². The van der Waals surface area contributed by atoms with Crippen LogP contribution in [-0.2, 0) is 0 Å². The fraction of sp³-hybridized carbons (Fsp3) is 0.571. The molecule has 0 heterocycles. The fourth-order valence-corrected chi connectivity index (χ4v) is 1.93. The van der Waals surface area contributed by atoms with Crippen LogP contribution in [0.5, 0.6) is 11.5 Å². The van der Waals surface area contributed by atoms with Crippen LogP contribution in [0.15, 0.2) is 6.07 Å². The molecule has 0 radical (unpaired) electrons. The molecule has 1 aromatic carbocycles. The summed E-state index contributed by atoms with van der Waals surface area (Å²) >= 11 is 0. The monoisotopic (exact) mass is 252 g/mol. The molecule has 0 saturated heterocycles. The molecule has 0 amide bonds. The van der Waals surface area contributed by atoms with Crippen molar-refractivity contribution in [3.05, 3.63) is 17.2 Å². The van der Waals surface area contributed by atoms with Crippen LogP contribution in [0.1, 0.15) is 18.1 Å². The smallest absolute Gasteiger partial charge is 0.145 e. The summed E-state index contributed by atoms with van der Waals surface area (Å²) in [5.74, 6) is 1.78. The number of hydrogen-bond acceptors (Lipinski definition) is 4. The standard InChI is InChI=1S/C14H24N2O2/c1-6-15-7-8-16-12-9-13(17-4)10(2)11(3)14(12)18-5/h9,15-16H,6-8H2,1-5H3. The molecule has 0 atom stereocenters. The van der Waals surface area contributed by atoms with E-state index in [4.69, 9.17) is 9.47 Å². The average molecular weight is 252 g/mol. The largest absolute Gasteiger partial charge is 0.496 e. The van der Waals surface area contributed by atoms with Crippen molar-refractivity contribution in [2.45, 2.75) is 20.8 Å². The number of likely N-dealkylation sites (N-methyl/N-ethyl adjacent to an activating group) is 1. The number of methoxy groups -OCH3 is 2. The number of nitrogens with one attached hydrogen (secondary N) is 2. The molecule has 0 bridgehead atoms. The summed E-state index contributed by atoms with van der Waals surface area (Å²) < 4.78 is 10.9. The molecule has 102 valence electrons. The van der Waals surface area contributed by atoms with Crippen molar-refractivity contribution in [2.75, 3.05) is 39.2 Å². The lowest BCUT2D eigenvalue weighted by molar-refractivity contribution is 0.399. The van der Waals surface area contributed by atoms with Gasteiger partial charge in [0.05, 0.1) is 19.9 Å². The van der Waals surface area contributed by atoms with Gasteiger partial charge in [-0.1, -0.05) is 6.92 Å². The molecule has 0 aromatic heterocycles. The highest BCUT2D eigenvalue weighted by Crippen LogP contribution is 2.36. The van der Waals surface area contributed by atoms with Gasteiger partial charge in [-0.25, -0.2) is 0 Å². The first-order chi connectivity index (χ1) is 8.65. The molecule has 0 saturated carbocycles. The Morgan fingerprint density at radius 1 is 1.06 bits per heavy atom. The number of rotatable bonds is 7. The van der Waals surface area contributed by atoms with Crippen molar-refractivity contribution in [3.8, 4) is 11.5 Å². The Balaban J connectivity index is 2.91. The Labute approximate surface area is 110 Å². The van der Waals surface area contributed by atoms with Crippen molar-refractivity contribution in [1.29, 1.82) is 0 Å². The average Bonchev–Trinajstić information content (AvgIpc) is 2.38. The van der Waals surface area contributed by atoms with Crippen LogP contribution >= 0.6 is 0 Å². The molecular formula is C14H24N2O2. The molecule has 0 aliphatic rings. The van der Waals surface area contributed by atoms with E-state index in [1.807, 2.05) is 19.9 Å². The Bertz CT molecular complexity index is 392. The summed E-state index contributed by atoms with van der Waals surface area (Å²) in [6.45, 7) is 8.95. The van der Waals surface area contributed by atoms with Gasteiger partial charge in [0.15, 0.2) is 0 Å². The maximum absolute atomic E-state index is 5.48. The van der Waals surface area contributed by atoms with Crippen LogP contribution in [0, 0.1) is 13.8 Å². The third kappa shape index (κ3) is 3.29. The molecule has 2 N–H and O–H groups in total. The predicted octanol–water partition coefficient (Wildman–Crippen LogP) is 2.34. The lowest BCUT2D eigenvalue weighted by Gasteiger charge is -2.18. The van der Waals surface area contributed by atoms with Gasteiger partial charge in [0, 0.05) is 19.2 Å². The van der Waals surface area contributed by atoms with Gasteiger partial charge in [-0.05, 0) is 31.5 Å². The molecule has 0 spiro atoms. The number of anilines is 1. The van der Waals surface area contributed by atoms with Crippen LogP contribution in [0.2, 0.25) is 0 Å². The van der Waals surface area contributed by atoms with Crippen LogP contribution < -0.4 is 20.1 Å². The topological polar surface area (TPSA) is 42.5 Å². The first kappa shape index (κ1) is 14.6. The highest BCUT2D eigenvalue weighted by molar-refractivity contribution is 5.66. The molecular weight excluding hydrogens is 228 g/mol. The minimum atomic E-state index is 0.857. The van der Waals surface area contributed by atoms with Gasteiger partial charge < -0.3 is 20.1 Å². The second-order valence-electron chi connectivity index (χ2n) is 4.19. The van der Waals surface area contributed by atoms with E-state index in [0.717, 1.165) is 47.9 Å². The van der Waals surface area contributed by atoms with E-state index in [9.17, 15) is 0 Å². The Morgan fingerprint density at radius 2 is 1.78 bits per heavy atom. The Kier molecular flexibility index (Phi) is 5.78. The summed E-state index contributed by atoms with van der Waals surface area (Å²) in [5, 5.41) is 6.65. The van der Waals surface area contributed by atoms with E-state index >= 15 is 0 Å². The molecule has 0 fully saturated rings. The van der Waals surface area contributed by atoms with E-state index in [1.54, 1.807) is 14.2 Å². The van der Waals surface area contributed by atoms with Gasteiger partial charge in [0.25, 0.3) is 0 Å². The van der Waals surface area contributed by atoms with Gasteiger partial charge >= 0.3 is 0 Å². The molecule has 0 aliphatic carbocycles. The minimum Gasteiger partial charge on any atom is -0.496 e. The van der Waals surface area contributed by atoms with Crippen LogP contribution in [0.3, 0.4) is 0 Å². The zero-order valence-electron chi connectivity index (χ0n) is 12.0. The van der Waals surface area contributed by atoms with E-state index in [0.29, 0.717) is 0 Å². The Hall–Kier alpha value is -1.42. The quantitative estimate of drug-likeness (QED) is 0.731. The third-order valence-electron chi connectivity index (χ3n) is 3.08. The highest BCUT2D eigenvalue weighted by Gasteiger charge is 2.13. The van der Waals surface area contributed by atoms with Crippen molar-refractivity contribution >= 4 is 5.69 Å². The van der Waals surface area contributed by atoms with Crippen molar-refractivity contribution < 1.29 is 9.47 Å². The maximum atomic E-state index is 5.48. The van der Waals surface area contributed by atoms with Gasteiger partial charge in [0.2, 0.25) is 0 Å². The highest BCUT2D eigenvalue weighted by atomic mass is 16.5. The van der Waals surface area contributed by atoms with E-state index in [1.165, 1.54) is 0 Å². The van der Waals surface area contributed by atoms with Crippen LogP contribution in [-0.4, -0.2) is 33.9 Å². The van der Waals surface area contributed by atoms with Crippen LogP contribution in [0.4, 0.5) is 5.69 Å². The number of hydrogen-bond donors (Lipinski definition) is 2. The zero-order valence-corrected chi connectivity index (χ0v) is 12.0. The lowest BCUT2D eigenvalue weighted by atomic mass is 10.1. The van der Waals surface area contributed by atoms with Crippen LogP contribution in [0.25, 0.3) is 0 Å². The maximum Gasteiger partial charge on any atom is 0.145 e. The first-order valence-electron chi connectivity index (χ1n) is 6.32. The summed E-state index contributed by atoms with van der Waals surface area (Å²) in [6, 6.07) is 1.99. The SMILES string of the molecule is CCNCCNc1cc(OC)c(C)c(C)c1OC. The van der Waals surface area contributed by atoms with Crippen molar-refractivity contribution in [1.82, 2.24) is 5.32 Å². The zero-order chi connectivity index (χ0) is 13.5. The molecule has 0 unspecified atom stereocenters. The van der Waals surface area contributed by atoms with Gasteiger partial charge in [-0.2, -0.15) is 0 Å². The number of ether oxygens (including phenoxy) is 2. The first-order valence-corrected chi connectivity index (χ1v) is 6.32. The lowest BCUT2D eigenvalue weighted by Crippen LogP contribution is -2.21. The molecule has 18 heavy (non-hydrogen) atoms. The summed E-state index contributed by atoms with van der Waals surface area (Å²) in [4.78, 5) is 0. The molecule has 4 nitrogen and oxygen atoms in total. The molecule has 1 rings (SSSR count). The molecule has 1 aromatic rings. The normalized spacial score (nSPS) is 10.3. The van der Waals surface area contributed by atoms with E-state index < -0.39 is 0 Å². The number of benzene rings is 1. The minimum absolute atomic E-state index is 0.857. The van der Waals surface area contributed by atoms with Crippen molar-refractivity contribution in [3.63, 3.8) is 0 Å². The third-order valence-corrected chi connectivity index (χ3v) is 3.08. The van der Waals surface area contributed by atoms with Gasteiger partial charge in [-0.3, -0.25) is 0 Å². The second kappa shape index (κ2) is 7.11. The molecule has 0 aliphatic heterocycles. The second-order valence-corrected chi connectivity index (χ2v) is 4.19. The fourth-order valence-electron chi connectivity index (χ4n) is 1.93. The molecule has 4 heteroatoms. The van der Waals surface area contributed by atoms with Gasteiger partial charge in [0.1, 0.15) is 11.5 Å². The Morgan fingerprint density at radius 3 is 2.33 bits per heavy atom. The van der Waals surface area contributed by atoms with E-state index in [2.05, 4.69) is 17.6 Å². The summed E-state index contributed by atoms with van der Waals surface area (Å²) in [6.07, 6.45) is 0. The summed E-state index contributed by atoms with van der Waals surface area (Å²) in [5.41, 5.74) is 3.21.